The molecule has 3 rings (SSSR count). The van der Waals surface area contributed by atoms with Crippen molar-refractivity contribution >= 4 is 5.91 Å². The molecule has 0 fully saturated rings. The van der Waals surface area contributed by atoms with Crippen molar-refractivity contribution in [3.8, 4) is 5.75 Å². The molecule has 0 aliphatic rings. The van der Waals surface area contributed by atoms with Crippen molar-refractivity contribution in [1.82, 2.24) is 10.3 Å². The van der Waals surface area contributed by atoms with Gasteiger partial charge in [-0.1, -0.05) is 35.4 Å². The van der Waals surface area contributed by atoms with E-state index in [1.807, 2.05) is 68.4 Å². The molecular weight excluding hydrogens is 324 g/mol. The highest BCUT2D eigenvalue weighted by molar-refractivity contribution is 5.94. The first-order valence-electron chi connectivity index (χ1n) is 8.58. The maximum atomic E-state index is 12.4. The number of aryl methyl sites for hydroxylation is 2. The van der Waals surface area contributed by atoms with Gasteiger partial charge in [0.15, 0.2) is 0 Å². The largest absolute Gasteiger partial charge is 0.487 e. The predicted molar refractivity (Wildman–Crippen MR) is 102 cm³/mol. The van der Waals surface area contributed by atoms with E-state index in [0.717, 1.165) is 28.1 Å². The summed E-state index contributed by atoms with van der Waals surface area (Å²) >= 11 is 0. The number of rotatable bonds is 6. The van der Waals surface area contributed by atoms with Gasteiger partial charge in [-0.15, -0.1) is 0 Å². The molecular formula is C22H22N2O2. The first-order chi connectivity index (χ1) is 12.6. The number of pyridine rings is 1. The van der Waals surface area contributed by atoms with Crippen LogP contribution in [0.25, 0.3) is 0 Å². The Morgan fingerprint density at radius 1 is 1.00 bits per heavy atom. The minimum absolute atomic E-state index is 0.0726. The van der Waals surface area contributed by atoms with E-state index in [2.05, 4.69) is 16.4 Å². The number of nitrogens with zero attached hydrogens (tertiary/aromatic N) is 1. The van der Waals surface area contributed by atoms with Crippen LogP contribution < -0.4 is 10.1 Å². The monoisotopic (exact) mass is 346 g/mol. The number of carbonyl (C=O) groups excluding carboxylic acids is 1. The molecule has 0 spiro atoms. The Hall–Kier alpha value is -3.14. The van der Waals surface area contributed by atoms with Gasteiger partial charge in [-0.25, -0.2) is 0 Å². The fourth-order valence-electron chi connectivity index (χ4n) is 2.78. The maximum absolute atomic E-state index is 12.4. The number of hydrogen-bond donors (Lipinski definition) is 1. The summed E-state index contributed by atoms with van der Waals surface area (Å²) in [6.45, 7) is 4.85. The van der Waals surface area contributed by atoms with Crippen molar-refractivity contribution in [3.05, 3.63) is 94.8 Å². The van der Waals surface area contributed by atoms with Crippen molar-refractivity contribution in [2.24, 2.45) is 0 Å². The molecule has 0 radical (unpaired) electrons. The van der Waals surface area contributed by atoms with Gasteiger partial charge in [0.25, 0.3) is 5.91 Å². The Labute approximate surface area is 153 Å². The van der Waals surface area contributed by atoms with Crippen molar-refractivity contribution in [3.63, 3.8) is 0 Å². The van der Waals surface area contributed by atoms with Gasteiger partial charge in [0, 0.05) is 18.3 Å². The van der Waals surface area contributed by atoms with E-state index in [1.54, 1.807) is 6.20 Å². The third kappa shape index (κ3) is 4.93. The van der Waals surface area contributed by atoms with Crippen LogP contribution in [0, 0.1) is 13.8 Å². The van der Waals surface area contributed by atoms with Crippen LogP contribution in [0.1, 0.15) is 32.7 Å². The molecule has 26 heavy (non-hydrogen) atoms. The van der Waals surface area contributed by atoms with Gasteiger partial charge in [0.05, 0.1) is 5.69 Å². The molecule has 2 aromatic carbocycles. The summed E-state index contributed by atoms with van der Waals surface area (Å²) < 4.78 is 5.78. The predicted octanol–water partition coefficient (Wildman–Crippen LogP) is 4.21. The second kappa shape index (κ2) is 8.30. The lowest BCUT2D eigenvalue weighted by molar-refractivity contribution is 0.0950. The SMILES string of the molecule is Cc1cc(C)cc(C(=O)NCc2cccc(OCc3ccccn3)c2)c1. The number of carbonyl (C=O) groups is 1. The first-order valence-corrected chi connectivity index (χ1v) is 8.58. The van der Waals surface area contributed by atoms with Crippen molar-refractivity contribution < 1.29 is 9.53 Å². The highest BCUT2D eigenvalue weighted by atomic mass is 16.5. The molecule has 0 saturated carbocycles. The van der Waals surface area contributed by atoms with E-state index in [0.29, 0.717) is 18.7 Å². The van der Waals surface area contributed by atoms with E-state index < -0.39 is 0 Å². The quantitative estimate of drug-likeness (QED) is 0.727. The average Bonchev–Trinajstić information content (AvgIpc) is 2.65. The molecule has 1 heterocycles. The molecule has 4 nitrogen and oxygen atoms in total. The summed E-state index contributed by atoms with van der Waals surface area (Å²) in [5.74, 6) is 0.686. The van der Waals surface area contributed by atoms with Crippen molar-refractivity contribution in [1.29, 1.82) is 0 Å². The number of benzene rings is 2. The molecule has 0 aliphatic carbocycles. The third-order valence-electron chi connectivity index (χ3n) is 3.95. The van der Waals surface area contributed by atoms with E-state index in [9.17, 15) is 4.79 Å². The number of nitrogens with one attached hydrogen (secondary N) is 1. The molecule has 0 unspecified atom stereocenters. The van der Waals surface area contributed by atoms with Gasteiger partial charge in [-0.3, -0.25) is 9.78 Å². The zero-order valence-corrected chi connectivity index (χ0v) is 15.0. The summed E-state index contributed by atoms with van der Waals surface area (Å²) in [5, 5.41) is 2.96. The molecule has 1 aromatic heterocycles. The Balaban J connectivity index is 1.59. The molecule has 4 heteroatoms. The summed E-state index contributed by atoms with van der Waals surface area (Å²) in [5.41, 5.74) is 4.72. The van der Waals surface area contributed by atoms with E-state index in [-0.39, 0.29) is 5.91 Å². The number of ether oxygens (including phenoxy) is 1. The van der Waals surface area contributed by atoms with Crippen LogP contribution in [0.15, 0.2) is 66.9 Å². The molecule has 0 atom stereocenters. The van der Waals surface area contributed by atoms with Crippen molar-refractivity contribution in [2.45, 2.75) is 27.0 Å². The van der Waals surface area contributed by atoms with Gasteiger partial charge in [-0.2, -0.15) is 0 Å². The molecule has 3 aromatic rings. The molecule has 1 N–H and O–H groups in total. The zero-order valence-electron chi connectivity index (χ0n) is 15.0. The van der Waals surface area contributed by atoms with Gasteiger partial charge in [0.1, 0.15) is 12.4 Å². The Kier molecular flexibility index (Phi) is 5.64. The second-order valence-electron chi connectivity index (χ2n) is 6.32. The van der Waals surface area contributed by atoms with Gasteiger partial charge in [0.2, 0.25) is 0 Å². The highest BCUT2D eigenvalue weighted by Gasteiger charge is 2.07. The molecule has 1 amide bonds. The summed E-state index contributed by atoms with van der Waals surface area (Å²) in [6, 6.07) is 19.3. The molecule has 0 aliphatic heterocycles. The lowest BCUT2D eigenvalue weighted by atomic mass is 10.1. The zero-order chi connectivity index (χ0) is 18.4. The van der Waals surface area contributed by atoms with Gasteiger partial charge in [-0.05, 0) is 55.8 Å². The smallest absolute Gasteiger partial charge is 0.251 e. The highest BCUT2D eigenvalue weighted by Crippen LogP contribution is 2.15. The Morgan fingerprint density at radius 2 is 1.81 bits per heavy atom. The Bertz CT molecular complexity index is 871. The lowest BCUT2D eigenvalue weighted by Crippen LogP contribution is -2.23. The third-order valence-corrected chi connectivity index (χ3v) is 3.95. The van der Waals surface area contributed by atoms with Crippen LogP contribution in [0.4, 0.5) is 0 Å². The van der Waals surface area contributed by atoms with E-state index in [1.165, 1.54) is 0 Å². The number of amides is 1. The summed E-state index contributed by atoms with van der Waals surface area (Å²) in [7, 11) is 0. The van der Waals surface area contributed by atoms with E-state index >= 15 is 0 Å². The normalized spacial score (nSPS) is 10.4. The van der Waals surface area contributed by atoms with Crippen LogP contribution in [0.2, 0.25) is 0 Å². The molecule has 0 saturated heterocycles. The second-order valence-corrected chi connectivity index (χ2v) is 6.32. The minimum atomic E-state index is -0.0726. The number of aromatic nitrogens is 1. The van der Waals surface area contributed by atoms with Crippen LogP contribution >= 0.6 is 0 Å². The standard InChI is InChI=1S/C22H22N2O2/c1-16-10-17(2)12-19(11-16)22(25)24-14-18-6-5-8-21(13-18)26-15-20-7-3-4-9-23-20/h3-13H,14-15H2,1-2H3,(H,24,25). The Morgan fingerprint density at radius 3 is 2.54 bits per heavy atom. The summed E-state index contributed by atoms with van der Waals surface area (Å²) in [6.07, 6.45) is 1.75. The van der Waals surface area contributed by atoms with Gasteiger partial charge < -0.3 is 10.1 Å². The van der Waals surface area contributed by atoms with Crippen LogP contribution in [0.3, 0.4) is 0 Å². The maximum Gasteiger partial charge on any atom is 0.251 e. The topological polar surface area (TPSA) is 51.2 Å². The number of hydrogen-bond acceptors (Lipinski definition) is 3. The van der Waals surface area contributed by atoms with Gasteiger partial charge >= 0.3 is 0 Å². The first kappa shape index (κ1) is 17.7. The van der Waals surface area contributed by atoms with Crippen LogP contribution in [-0.2, 0) is 13.2 Å². The molecule has 0 bridgehead atoms. The van der Waals surface area contributed by atoms with Crippen molar-refractivity contribution in [2.75, 3.05) is 0 Å². The fourth-order valence-corrected chi connectivity index (χ4v) is 2.78. The summed E-state index contributed by atoms with van der Waals surface area (Å²) in [4.78, 5) is 16.6. The fraction of sp³-hybridized carbons (Fsp3) is 0.182. The lowest BCUT2D eigenvalue weighted by Gasteiger charge is -2.10. The van der Waals surface area contributed by atoms with E-state index in [4.69, 9.17) is 4.74 Å². The van der Waals surface area contributed by atoms with Crippen LogP contribution in [0.5, 0.6) is 5.75 Å². The minimum Gasteiger partial charge on any atom is -0.487 e. The van der Waals surface area contributed by atoms with Crippen LogP contribution in [-0.4, -0.2) is 10.9 Å². The average molecular weight is 346 g/mol. The molecule has 132 valence electrons.